The molecular formula is C24H32N4O3. The Bertz CT molecular complexity index is 911. The standard InChI is InChI=1S/C24H32N4O3/c1-18(19-11-9-14-22(16-19)28(30)31)27(3)24(29)25-23-15-8-7-10-20(23)17-26(2)21-12-5-4-6-13-21/h7-11,14-16,18,21H,4-6,12-13,17H2,1-3H3,(H,25,29). The lowest BCUT2D eigenvalue weighted by molar-refractivity contribution is -0.384. The number of nitrogens with one attached hydrogen (secondary N) is 1. The third kappa shape index (κ3) is 5.82. The molecule has 1 N–H and O–H groups in total. The molecule has 0 saturated heterocycles. The Morgan fingerprint density at radius 2 is 1.84 bits per heavy atom. The molecule has 7 nitrogen and oxygen atoms in total. The highest BCUT2D eigenvalue weighted by atomic mass is 16.6. The maximum atomic E-state index is 13.0. The molecule has 31 heavy (non-hydrogen) atoms. The number of benzene rings is 2. The van der Waals surface area contributed by atoms with Crippen LogP contribution in [0, 0.1) is 10.1 Å². The predicted molar refractivity (Wildman–Crippen MR) is 123 cm³/mol. The summed E-state index contributed by atoms with van der Waals surface area (Å²) >= 11 is 0. The van der Waals surface area contributed by atoms with Gasteiger partial charge in [0.05, 0.1) is 11.0 Å². The lowest BCUT2D eigenvalue weighted by Gasteiger charge is -2.32. The molecule has 3 rings (SSSR count). The maximum absolute atomic E-state index is 13.0. The summed E-state index contributed by atoms with van der Waals surface area (Å²) in [4.78, 5) is 27.6. The molecular weight excluding hydrogens is 392 g/mol. The van der Waals surface area contributed by atoms with Gasteiger partial charge in [-0.05, 0) is 44.0 Å². The van der Waals surface area contributed by atoms with E-state index in [1.807, 2.05) is 25.1 Å². The maximum Gasteiger partial charge on any atom is 0.322 e. The van der Waals surface area contributed by atoms with Gasteiger partial charge < -0.3 is 10.2 Å². The number of rotatable bonds is 7. The van der Waals surface area contributed by atoms with Gasteiger partial charge in [0.2, 0.25) is 0 Å². The Labute approximate surface area is 184 Å². The van der Waals surface area contributed by atoms with E-state index < -0.39 is 4.92 Å². The molecule has 2 amide bonds. The van der Waals surface area contributed by atoms with Crippen molar-refractivity contribution in [2.24, 2.45) is 0 Å². The van der Waals surface area contributed by atoms with Crippen molar-refractivity contribution in [3.63, 3.8) is 0 Å². The zero-order chi connectivity index (χ0) is 22.4. The molecule has 1 fully saturated rings. The van der Waals surface area contributed by atoms with E-state index in [-0.39, 0.29) is 17.8 Å². The van der Waals surface area contributed by atoms with Gasteiger partial charge in [0.1, 0.15) is 0 Å². The highest BCUT2D eigenvalue weighted by Gasteiger charge is 2.22. The van der Waals surface area contributed by atoms with Crippen LogP contribution in [0.1, 0.15) is 56.2 Å². The largest absolute Gasteiger partial charge is 0.322 e. The van der Waals surface area contributed by atoms with Gasteiger partial charge in [-0.15, -0.1) is 0 Å². The van der Waals surface area contributed by atoms with E-state index in [2.05, 4.69) is 23.3 Å². The number of hydrogen-bond donors (Lipinski definition) is 1. The van der Waals surface area contributed by atoms with Crippen LogP contribution in [0.3, 0.4) is 0 Å². The average molecular weight is 425 g/mol. The van der Waals surface area contributed by atoms with Crippen molar-refractivity contribution in [1.82, 2.24) is 9.80 Å². The minimum Gasteiger partial charge on any atom is -0.321 e. The van der Waals surface area contributed by atoms with Gasteiger partial charge in [-0.3, -0.25) is 15.0 Å². The van der Waals surface area contributed by atoms with E-state index in [0.717, 1.165) is 23.4 Å². The molecule has 1 aliphatic rings. The van der Waals surface area contributed by atoms with Crippen molar-refractivity contribution < 1.29 is 9.72 Å². The van der Waals surface area contributed by atoms with E-state index in [1.54, 1.807) is 24.1 Å². The zero-order valence-corrected chi connectivity index (χ0v) is 18.6. The number of nitro groups is 1. The van der Waals surface area contributed by atoms with Gasteiger partial charge in [-0.1, -0.05) is 49.6 Å². The summed E-state index contributed by atoms with van der Waals surface area (Å²) in [7, 11) is 3.86. The molecule has 0 spiro atoms. The number of carbonyl (C=O) groups excluding carboxylic acids is 1. The molecule has 2 aromatic carbocycles. The summed E-state index contributed by atoms with van der Waals surface area (Å²) in [5.41, 5.74) is 2.62. The molecule has 1 unspecified atom stereocenters. The van der Waals surface area contributed by atoms with Gasteiger partial charge in [0.15, 0.2) is 0 Å². The summed E-state index contributed by atoms with van der Waals surface area (Å²) in [5.74, 6) is 0. The van der Waals surface area contributed by atoms with Crippen LogP contribution >= 0.6 is 0 Å². The van der Waals surface area contributed by atoms with Crippen molar-refractivity contribution >= 4 is 17.4 Å². The second-order valence-electron chi connectivity index (χ2n) is 8.43. The smallest absolute Gasteiger partial charge is 0.321 e. The summed E-state index contributed by atoms with van der Waals surface area (Å²) in [6.45, 7) is 2.65. The fourth-order valence-corrected chi connectivity index (χ4v) is 4.20. The van der Waals surface area contributed by atoms with E-state index in [4.69, 9.17) is 0 Å². The molecule has 0 aliphatic heterocycles. The van der Waals surface area contributed by atoms with Crippen LogP contribution in [-0.2, 0) is 6.54 Å². The molecule has 0 radical (unpaired) electrons. The van der Waals surface area contributed by atoms with Gasteiger partial charge >= 0.3 is 6.03 Å². The second kappa shape index (κ2) is 10.4. The number of anilines is 1. The Balaban J connectivity index is 1.68. The minimum absolute atomic E-state index is 0.0225. The predicted octanol–water partition coefficient (Wildman–Crippen LogP) is 5.58. The van der Waals surface area contributed by atoms with Crippen LogP contribution in [0.15, 0.2) is 48.5 Å². The van der Waals surface area contributed by atoms with Crippen molar-refractivity contribution in [2.75, 3.05) is 19.4 Å². The molecule has 1 aliphatic carbocycles. The summed E-state index contributed by atoms with van der Waals surface area (Å²) in [6.07, 6.45) is 6.36. The van der Waals surface area contributed by atoms with Gasteiger partial charge in [-0.2, -0.15) is 0 Å². The van der Waals surface area contributed by atoms with Crippen LogP contribution in [0.25, 0.3) is 0 Å². The Morgan fingerprint density at radius 3 is 2.55 bits per heavy atom. The fourth-order valence-electron chi connectivity index (χ4n) is 4.20. The van der Waals surface area contributed by atoms with Gasteiger partial charge in [-0.25, -0.2) is 4.79 Å². The second-order valence-corrected chi connectivity index (χ2v) is 8.43. The van der Waals surface area contributed by atoms with E-state index in [1.165, 1.54) is 44.2 Å². The number of non-ortho nitro benzene ring substituents is 1. The normalized spacial score (nSPS) is 15.5. The fraction of sp³-hybridized carbons (Fsp3) is 0.458. The van der Waals surface area contributed by atoms with Gasteiger partial charge in [0, 0.05) is 37.5 Å². The lowest BCUT2D eigenvalue weighted by Crippen LogP contribution is -2.35. The highest BCUT2D eigenvalue weighted by Crippen LogP contribution is 2.26. The molecule has 1 saturated carbocycles. The third-order valence-electron chi connectivity index (χ3n) is 6.34. The Morgan fingerprint density at radius 1 is 1.13 bits per heavy atom. The number of urea groups is 1. The van der Waals surface area contributed by atoms with Crippen LogP contribution in [0.2, 0.25) is 0 Å². The van der Waals surface area contributed by atoms with Crippen LogP contribution < -0.4 is 5.32 Å². The summed E-state index contributed by atoms with van der Waals surface area (Å²) < 4.78 is 0. The summed E-state index contributed by atoms with van der Waals surface area (Å²) in [5, 5.41) is 14.1. The number of hydrogen-bond acceptors (Lipinski definition) is 4. The van der Waals surface area contributed by atoms with Crippen molar-refractivity contribution in [1.29, 1.82) is 0 Å². The van der Waals surface area contributed by atoms with E-state index in [0.29, 0.717) is 6.04 Å². The number of nitrogens with zero attached hydrogens (tertiary/aromatic N) is 3. The molecule has 2 aromatic rings. The molecule has 7 heteroatoms. The Kier molecular flexibility index (Phi) is 7.63. The quantitative estimate of drug-likeness (QED) is 0.464. The monoisotopic (exact) mass is 424 g/mol. The van der Waals surface area contributed by atoms with Crippen LogP contribution in [-0.4, -0.2) is 40.9 Å². The van der Waals surface area contributed by atoms with E-state index in [9.17, 15) is 14.9 Å². The van der Waals surface area contributed by atoms with Crippen LogP contribution in [0.4, 0.5) is 16.2 Å². The first kappa shape index (κ1) is 22.7. The molecule has 1 atom stereocenters. The first-order valence-electron chi connectivity index (χ1n) is 10.9. The minimum atomic E-state index is -0.421. The Hall–Kier alpha value is -2.93. The molecule has 0 bridgehead atoms. The average Bonchev–Trinajstić information content (AvgIpc) is 2.79. The van der Waals surface area contributed by atoms with Gasteiger partial charge in [0.25, 0.3) is 5.69 Å². The van der Waals surface area contributed by atoms with Crippen molar-refractivity contribution in [3.05, 3.63) is 69.8 Å². The highest BCUT2D eigenvalue weighted by molar-refractivity contribution is 5.90. The first-order chi connectivity index (χ1) is 14.9. The van der Waals surface area contributed by atoms with Crippen molar-refractivity contribution in [2.45, 2.75) is 57.7 Å². The molecule has 0 aromatic heterocycles. The number of carbonyl (C=O) groups is 1. The topological polar surface area (TPSA) is 78.7 Å². The van der Waals surface area contributed by atoms with Crippen LogP contribution in [0.5, 0.6) is 0 Å². The number of para-hydroxylation sites is 1. The third-order valence-corrected chi connectivity index (χ3v) is 6.34. The first-order valence-corrected chi connectivity index (χ1v) is 10.9. The lowest BCUT2D eigenvalue weighted by atomic mass is 9.94. The SMILES string of the molecule is CC(c1cccc([N+](=O)[O-])c1)N(C)C(=O)Nc1ccccc1CN(C)C1CCCCC1. The summed E-state index contributed by atoms with van der Waals surface area (Å²) in [6, 6.07) is 14.3. The molecule has 166 valence electrons. The zero-order valence-electron chi connectivity index (χ0n) is 18.6. The van der Waals surface area contributed by atoms with E-state index >= 15 is 0 Å². The van der Waals surface area contributed by atoms with Crippen molar-refractivity contribution in [3.8, 4) is 0 Å². The molecule has 0 heterocycles. The number of amides is 2. The number of nitro benzene ring substituents is 1.